The van der Waals surface area contributed by atoms with Gasteiger partial charge in [-0.1, -0.05) is 18.2 Å². The molecule has 0 spiro atoms. The van der Waals surface area contributed by atoms with Crippen molar-refractivity contribution >= 4 is 21.8 Å². The number of carbonyl (C=O) groups excluding carboxylic acids is 1. The Labute approximate surface area is 143 Å². The van der Waals surface area contributed by atoms with Gasteiger partial charge in [0.15, 0.2) is 0 Å². The largest absolute Gasteiger partial charge is 0.458 e. The summed E-state index contributed by atoms with van der Waals surface area (Å²) in [6.07, 6.45) is 5.05. The molecule has 6 heteroatoms. The first kappa shape index (κ1) is 15.9. The van der Waals surface area contributed by atoms with Crippen molar-refractivity contribution in [1.29, 1.82) is 0 Å². The number of ether oxygens (including phenoxy) is 1. The van der Waals surface area contributed by atoms with Crippen LogP contribution in [0.3, 0.4) is 0 Å². The van der Waals surface area contributed by atoms with Crippen molar-refractivity contribution in [3.8, 4) is 6.01 Å². The van der Waals surface area contributed by atoms with Crippen molar-refractivity contribution in [3.05, 3.63) is 52.3 Å². The van der Waals surface area contributed by atoms with Crippen LogP contribution < -0.4 is 4.74 Å². The molecule has 120 valence electrons. The first-order valence-corrected chi connectivity index (χ1v) is 8.42. The maximum absolute atomic E-state index is 12.7. The van der Waals surface area contributed by atoms with E-state index in [0.717, 1.165) is 35.0 Å². The summed E-state index contributed by atoms with van der Waals surface area (Å²) in [5.41, 5.74) is 1.75. The first-order valence-electron chi connectivity index (χ1n) is 7.62. The van der Waals surface area contributed by atoms with E-state index in [0.29, 0.717) is 12.6 Å². The lowest BCUT2D eigenvalue weighted by Gasteiger charge is -2.32. The van der Waals surface area contributed by atoms with Gasteiger partial charge < -0.3 is 9.64 Å². The normalized spacial score (nSPS) is 17.8. The third-order valence-electron chi connectivity index (χ3n) is 3.91. The van der Waals surface area contributed by atoms with E-state index >= 15 is 0 Å². The van der Waals surface area contributed by atoms with Gasteiger partial charge in [-0.25, -0.2) is 9.97 Å². The standard InChI is InChI=1S/C17H18BrN3O2/c1-12-5-2-3-7-15(12)16(22)21-8-4-6-14(11-21)23-17-19-9-13(18)10-20-17/h2-3,5,7,9-10,14H,4,6,8,11H2,1H3. The third-order valence-corrected chi connectivity index (χ3v) is 4.32. The quantitative estimate of drug-likeness (QED) is 0.826. The molecule has 1 unspecified atom stereocenters. The second-order valence-corrected chi connectivity index (χ2v) is 6.55. The molecule has 3 rings (SSSR count). The molecule has 0 saturated carbocycles. The molecule has 0 bridgehead atoms. The predicted octanol–water partition coefficient (Wildman–Crippen LogP) is 3.23. The zero-order chi connectivity index (χ0) is 16.2. The number of piperidine rings is 1. The fourth-order valence-corrected chi connectivity index (χ4v) is 2.92. The highest BCUT2D eigenvalue weighted by molar-refractivity contribution is 9.10. The van der Waals surface area contributed by atoms with E-state index in [4.69, 9.17) is 4.74 Å². The predicted molar refractivity (Wildman–Crippen MR) is 90.5 cm³/mol. The number of nitrogens with zero attached hydrogens (tertiary/aromatic N) is 3. The summed E-state index contributed by atoms with van der Waals surface area (Å²) in [6, 6.07) is 8.02. The lowest BCUT2D eigenvalue weighted by atomic mass is 10.0. The molecular formula is C17H18BrN3O2. The topological polar surface area (TPSA) is 55.3 Å². The van der Waals surface area contributed by atoms with Crippen LogP contribution >= 0.6 is 15.9 Å². The van der Waals surface area contributed by atoms with Gasteiger partial charge in [-0.05, 0) is 47.3 Å². The average molecular weight is 376 g/mol. The highest BCUT2D eigenvalue weighted by Crippen LogP contribution is 2.19. The van der Waals surface area contributed by atoms with Gasteiger partial charge in [0, 0.05) is 24.5 Å². The average Bonchev–Trinajstić information content (AvgIpc) is 2.57. The van der Waals surface area contributed by atoms with E-state index in [1.165, 1.54) is 0 Å². The Balaban J connectivity index is 1.67. The molecule has 1 aromatic carbocycles. The Morgan fingerprint density at radius 2 is 2.04 bits per heavy atom. The number of rotatable bonds is 3. The highest BCUT2D eigenvalue weighted by Gasteiger charge is 2.26. The Kier molecular flexibility index (Phi) is 4.91. The number of carbonyl (C=O) groups is 1. The number of likely N-dealkylation sites (tertiary alicyclic amines) is 1. The number of hydrogen-bond acceptors (Lipinski definition) is 4. The molecule has 2 aromatic rings. The van der Waals surface area contributed by atoms with Gasteiger partial charge in [-0.3, -0.25) is 4.79 Å². The van der Waals surface area contributed by atoms with E-state index in [-0.39, 0.29) is 12.0 Å². The molecule has 0 N–H and O–H groups in total. The number of aromatic nitrogens is 2. The molecule has 1 saturated heterocycles. The van der Waals surface area contributed by atoms with Crippen molar-refractivity contribution in [2.75, 3.05) is 13.1 Å². The highest BCUT2D eigenvalue weighted by atomic mass is 79.9. The molecule has 5 nitrogen and oxygen atoms in total. The summed E-state index contributed by atoms with van der Waals surface area (Å²) in [5, 5.41) is 0. The van der Waals surface area contributed by atoms with Crippen LogP contribution in [0.5, 0.6) is 6.01 Å². The summed E-state index contributed by atoms with van der Waals surface area (Å²) in [4.78, 5) is 22.8. The van der Waals surface area contributed by atoms with E-state index in [9.17, 15) is 4.79 Å². The zero-order valence-corrected chi connectivity index (χ0v) is 14.5. The lowest BCUT2D eigenvalue weighted by molar-refractivity contribution is 0.0515. The molecule has 1 aliphatic heterocycles. The monoisotopic (exact) mass is 375 g/mol. The second-order valence-electron chi connectivity index (χ2n) is 5.63. The number of halogens is 1. The van der Waals surface area contributed by atoms with Crippen LogP contribution in [0.1, 0.15) is 28.8 Å². The van der Waals surface area contributed by atoms with Gasteiger partial charge in [-0.15, -0.1) is 0 Å². The van der Waals surface area contributed by atoms with Gasteiger partial charge in [0.1, 0.15) is 6.10 Å². The smallest absolute Gasteiger partial charge is 0.316 e. The number of benzene rings is 1. The summed E-state index contributed by atoms with van der Waals surface area (Å²) in [7, 11) is 0. The zero-order valence-electron chi connectivity index (χ0n) is 12.9. The number of hydrogen-bond donors (Lipinski definition) is 0. The molecule has 1 fully saturated rings. The van der Waals surface area contributed by atoms with E-state index in [2.05, 4.69) is 25.9 Å². The van der Waals surface area contributed by atoms with Crippen LogP contribution in [0.15, 0.2) is 41.1 Å². The van der Waals surface area contributed by atoms with Gasteiger partial charge in [0.05, 0.1) is 11.0 Å². The molecule has 1 atom stereocenters. The van der Waals surface area contributed by atoms with Crippen molar-refractivity contribution in [2.24, 2.45) is 0 Å². The van der Waals surface area contributed by atoms with Crippen LogP contribution in [-0.4, -0.2) is 40.0 Å². The molecule has 0 aliphatic carbocycles. The Morgan fingerprint density at radius 1 is 1.30 bits per heavy atom. The molecular weight excluding hydrogens is 358 g/mol. The molecule has 2 heterocycles. The number of amides is 1. The fourth-order valence-electron chi connectivity index (χ4n) is 2.71. The van der Waals surface area contributed by atoms with Crippen molar-refractivity contribution in [2.45, 2.75) is 25.9 Å². The van der Waals surface area contributed by atoms with Crippen LogP contribution in [0.4, 0.5) is 0 Å². The molecule has 0 radical (unpaired) electrons. The summed E-state index contributed by atoms with van der Waals surface area (Å²) in [6.45, 7) is 3.28. The van der Waals surface area contributed by atoms with Gasteiger partial charge in [0.2, 0.25) is 0 Å². The van der Waals surface area contributed by atoms with E-state index in [1.807, 2.05) is 36.1 Å². The third kappa shape index (κ3) is 3.88. The molecule has 23 heavy (non-hydrogen) atoms. The Morgan fingerprint density at radius 3 is 2.78 bits per heavy atom. The Bertz CT molecular complexity index is 690. The molecule has 1 aromatic heterocycles. The van der Waals surface area contributed by atoms with Gasteiger partial charge in [0.25, 0.3) is 5.91 Å². The maximum atomic E-state index is 12.7. The van der Waals surface area contributed by atoms with Crippen molar-refractivity contribution in [1.82, 2.24) is 14.9 Å². The first-order chi connectivity index (χ1) is 11.1. The maximum Gasteiger partial charge on any atom is 0.316 e. The van der Waals surface area contributed by atoms with Gasteiger partial charge >= 0.3 is 6.01 Å². The SMILES string of the molecule is Cc1ccccc1C(=O)N1CCCC(Oc2ncc(Br)cn2)C1. The minimum Gasteiger partial charge on any atom is -0.458 e. The Hall–Kier alpha value is -1.95. The van der Waals surface area contributed by atoms with Crippen LogP contribution in [0, 0.1) is 6.92 Å². The van der Waals surface area contributed by atoms with Crippen molar-refractivity contribution < 1.29 is 9.53 Å². The second kappa shape index (κ2) is 7.08. The van der Waals surface area contributed by atoms with Crippen LogP contribution in [0.2, 0.25) is 0 Å². The van der Waals surface area contributed by atoms with Crippen LogP contribution in [0.25, 0.3) is 0 Å². The summed E-state index contributed by atoms with van der Waals surface area (Å²) in [5.74, 6) is 0.0631. The van der Waals surface area contributed by atoms with Crippen LogP contribution in [-0.2, 0) is 0 Å². The van der Waals surface area contributed by atoms with E-state index in [1.54, 1.807) is 12.4 Å². The van der Waals surface area contributed by atoms with E-state index < -0.39 is 0 Å². The lowest BCUT2D eigenvalue weighted by Crippen LogP contribution is -2.44. The molecule has 1 aliphatic rings. The minimum atomic E-state index is -0.0714. The number of aryl methyl sites for hydroxylation is 1. The minimum absolute atomic E-state index is 0.0631. The summed E-state index contributed by atoms with van der Waals surface area (Å²) >= 11 is 3.30. The summed E-state index contributed by atoms with van der Waals surface area (Å²) < 4.78 is 6.63. The molecule has 1 amide bonds. The van der Waals surface area contributed by atoms with Gasteiger partial charge in [-0.2, -0.15) is 0 Å². The van der Waals surface area contributed by atoms with Crippen molar-refractivity contribution in [3.63, 3.8) is 0 Å². The fraction of sp³-hybridized carbons (Fsp3) is 0.353.